The molecule has 0 saturated carbocycles. The first-order valence-electron chi connectivity index (χ1n) is 8.18. The minimum Gasteiger partial charge on any atom is -0.497 e. The van der Waals surface area contributed by atoms with Gasteiger partial charge >= 0.3 is 0 Å². The second kappa shape index (κ2) is 8.36. The second-order valence-corrected chi connectivity index (χ2v) is 7.82. The van der Waals surface area contributed by atoms with E-state index in [-0.39, 0.29) is 11.4 Å². The van der Waals surface area contributed by atoms with Crippen molar-refractivity contribution in [2.75, 3.05) is 20.8 Å². The Hall–Kier alpha value is -2.05. The maximum atomic E-state index is 12.4. The van der Waals surface area contributed by atoms with Crippen LogP contribution in [0.1, 0.15) is 30.9 Å². The molecule has 136 valence electrons. The Bertz CT molecular complexity index is 799. The molecule has 25 heavy (non-hydrogen) atoms. The molecule has 2 rings (SSSR count). The van der Waals surface area contributed by atoms with E-state index in [2.05, 4.69) is 18.6 Å². The van der Waals surface area contributed by atoms with E-state index >= 15 is 0 Å². The Morgan fingerprint density at radius 3 is 2.24 bits per heavy atom. The molecule has 2 aromatic carbocycles. The van der Waals surface area contributed by atoms with Crippen LogP contribution in [0.25, 0.3) is 0 Å². The Morgan fingerprint density at radius 1 is 1.00 bits per heavy atom. The van der Waals surface area contributed by atoms with Gasteiger partial charge in [-0.3, -0.25) is 0 Å². The Balaban J connectivity index is 2.03. The van der Waals surface area contributed by atoms with Crippen molar-refractivity contribution in [1.82, 2.24) is 4.72 Å². The number of hydrogen-bond acceptors (Lipinski definition) is 4. The number of benzene rings is 2. The molecular weight excluding hydrogens is 338 g/mol. The number of rotatable bonds is 8. The third kappa shape index (κ3) is 4.96. The van der Waals surface area contributed by atoms with Crippen LogP contribution in [0.15, 0.2) is 47.4 Å². The first-order valence-corrected chi connectivity index (χ1v) is 9.66. The number of hydrogen-bond donors (Lipinski definition) is 1. The van der Waals surface area contributed by atoms with Crippen molar-refractivity contribution in [3.05, 3.63) is 53.6 Å². The Morgan fingerprint density at radius 2 is 1.68 bits per heavy atom. The first kappa shape index (κ1) is 19.3. The second-order valence-electron chi connectivity index (χ2n) is 6.05. The first-order chi connectivity index (χ1) is 11.9. The molecule has 0 heterocycles. The predicted molar refractivity (Wildman–Crippen MR) is 99.0 cm³/mol. The van der Waals surface area contributed by atoms with Gasteiger partial charge in [-0.25, -0.2) is 13.1 Å². The van der Waals surface area contributed by atoms with E-state index in [0.29, 0.717) is 23.8 Å². The zero-order chi connectivity index (χ0) is 18.4. The lowest BCUT2D eigenvalue weighted by Crippen LogP contribution is -2.26. The number of nitrogens with one attached hydrogen (secondary N) is 1. The normalized spacial score (nSPS) is 11.6. The monoisotopic (exact) mass is 363 g/mol. The smallest absolute Gasteiger partial charge is 0.240 e. The molecule has 0 radical (unpaired) electrons. The molecule has 0 atom stereocenters. The topological polar surface area (TPSA) is 64.6 Å². The van der Waals surface area contributed by atoms with Gasteiger partial charge < -0.3 is 9.47 Å². The molecule has 0 saturated heterocycles. The average Bonchev–Trinajstić information content (AvgIpc) is 2.61. The van der Waals surface area contributed by atoms with E-state index in [9.17, 15) is 8.42 Å². The van der Waals surface area contributed by atoms with E-state index in [4.69, 9.17) is 9.47 Å². The zero-order valence-corrected chi connectivity index (χ0v) is 15.9. The van der Waals surface area contributed by atoms with Crippen LogP contribution in [0.4, 0.5) is 0 Å². The molecule has 0 bridgehead atoms. The van der Waals surface area contributed by atoms with E-state index in [1.807, 2.05) is 24.3 Å². The van der Waals surface area contributed by atoms with Crippen LogP contribution < -0.4 is 14.2 Å². The van der Waals surface area contributed by atoms with Crippen molar-refractivity contribution in [3.8, 4) is 11.5 Å². The summed E-state index contributed by atoms with van der Waals surface area (Å²) in [5.74, 6) is 1.75. The summed E-state index contributed by atoms with van der Waals surface area (Å²) in [4.78, 5) is 0.276. The van der Waals surface area contributed by atoms with Gasteiger partial charge in [-0.2, -0.15) is 0 Å². The van der Waals surface area contributed by atoms with Crippen molar-refractivity contribution >= 4 is 10.0 Å². The molecule has 2 aromatic rings. The van der Waals surface area contributed by atoms with Crippen molar-refractivity contribution in [1.29, 1.82) is 0 Å². The fourth-order valence-corrected chi connectivity index (χ4v) is 3.53. The minimum atomic E-state index is -3.52. The molecule has 0 unspecified atom stereocenters. The Kier molecular flexibility index (Phi) is 6.45. The summed E-state index contributed by atoms with van der Waals surface area (Å²) < 4.78 is 37.9. The lowest BCUT2D eigenvalue weighted by molar-refractivity contribution is 0.391. The van der Waals surface area contributed by atoms with E-state index < -0.39 is 10.0 Å². The van der Waals surface area contributed by atoms with Crippen molar-refractivity contribution in [3.63, 3.8) is 0 Å². The molecule has 6 heteroatoms. The van der Waals surface area contributed by atoms with Gasteiger partial charge in [-0.1, -0.05) is 32.0 Å². The third-order valence-electron chi connectivity index (χ3n) is 4.04. The van der Waals surface area contributed by atoms with Crippen LogP contribution >= 0.6 is 0 Å². The van der Waals surface area contributed by atoms with Gasteiger partial charge in [-0.05, 0) is 41.7 Å². The highest BCUT2D eigenvalue weighted by Crippen LogP contribution is 2.25. The highest BCUT2D eigenvalue weighted by Gasteiger charge is 2.14. The number of sulfonamides is 1. The third-order valence-corrected chi connectivity index (χ3v) is 5.51. The van der Waals surface area contributed by atoms with Crippen LogP contribution in [0.3, 0.4) is 0 Å². The minimum absolute atomic E-state index is 0.276. The summed E-state index contributed by atoms with van der Waals surface area (Å²) >= 11 is 0. The van der Waals surface area contributed by atoms with Gasteiger partial charge in [0.25, 0.3) is 0 Å². The van der Waals surface area contributed by atoms with Crippen LogP contribution in [-0.2, 0) is 16.4 Å². The molecule has 0 aromatic heterocycles. The van der Waals surface area contributed by atoms with Gasteiger partial charge in [-0.15, -0.1) is 0 Å². The summed E-state index contributed by atoms with van der Waals surface area (Å²) in [6.07, 6.45) is 0.524. The van der Waals surface area contributed by atoms with Gasteiger partial charge in [0.05, 0.1) is 19.1 Å². The standard InChI is InChI=1S/C19H25NO4S/c1-14(2)15-6-9-18(10-7-15)25(21,22)20-12-11-16-5-8-17(23-3)13-19(16)24-4/h5-10,13-14,20H,11-12H2,1-4H3. The summed E-state index contributed by atoms with van der Waals surface area (Å²) in [6, 6.07) is 12.5. The fraction of sp³-hybridized carbons (Fsp3) is 0.368. The molecule has 0 aliphatic carbocycles. The van der Waals surface area contributed by atoms with Gasteiger partial charge in [0.2, 0.25) is 10.0 Å². The number of methoxy groups -OCH3 is 2. The van der Waals surface area contributed by atoms with Crippen LogP contribution in [0.2, 0.25) is 0 Å². The SMILES string of the molecule is COc1ccc(CCNS(=O)(=O)c2ccc(C(C)C)cc2)c(OC)c1. The Labute approximate surface area is 150 Å². The fourth-order valence-electron chi connectivity index (χ4n) is 2.49. The van der Waals surface area contributed by atoms with Crippen molar-refractivity contribution in [2.45, 2.75) is 31.1 Å². The van der Waals surface area contributed by atoms with E-state index in [1.54, 1.807) is 32.4 Å². The molecule has 0 fully saturated rings. The summed E-state index contributed by atoms with van der Waals surface area (Å²) in [6.45, 7) is 4.44. The van der Waals surface area contributed by atoms with Crippen LogP contribution in [-0.4, -0.2) is 29.2 Å². The van der Waals surface area contributed by atoms with Crippen LogP contribution in [0, 0.1) is 0 Å². The molecule has 5 nitrogen and oxygen atoms in total. The zero-order valence-electron chi connectivity index (χ0n) is 15.1. The van der Waals surface area contributed by atoms with Crippen molar-refractivity contribution in [2.24, 2.45) is 0 Å². The molecule has 0 spiro atoms. The predicted octanol–water partition coefficient (Wildman–Crippen LogP) is 3.35. The maximum absolute atomic E-state index is 12.4. The molecule has 1 N–H and O–H groups in total. The highest BCUT2D eigenvalue weighted by atomic mass is 32.2. The van der Waals surface area contributed by atoms with E-state index in [1.165, 1.54) is 0 Å². The lowest BCUT2D eigenvalue weighted by atomic mass is 10.0. The maximum Gasteiger partial charge on any atom is 0.240 e. The molecular formula is C19H25NO4S. The van der Waals surface area contributed by atoms with Gasteiger partial charge in [0, 0.05) is 12.6 Å². The quantitative estimate of drug-likeness (QED) is 0.781. The highest BCUT2D eigenvalue weighted by molar-refractivity contribution is 7.89. The lowest BCUT2D eigenvalue weighted by Gasteiger charge is -2.12. The summed E-state index contributed by atoms with van der Waals surface area (Å²) in [5, 5.41) is 0. The number of ether oxygens (including phenoxy) is 2. The summed E-state index contributed by atoms with van der Waals surface area (Å²) in [5.41, 5.74) is 2.03. The molecule has 0 aliphatic rings. The van der Waals surface area contributed by atoms with Crippen molar-refractivity contribution < 1.29 is 17.9 Å². The summed E-state index contributed by atoms with van der Waals surface area (Å²) in [7, 11) is -0.348. The molecule has 0 aliphatic heterocycles. The average molecular weight is 363 g/mol. The van der Waals surface area contributed by atoms with E-state index in [0.717, 1.165) is 11.1 Å². The largest absolute Gasteiger partial charge is 0.497 e. The molecule has 0 amide bonds. The van der Waals surface area contributed by atoms with Gasteiger partial charge in [0.15, 0.2) is 0 Å². The van der Waals surface area contributed by atoms with Crippen LogP contribution in [0.5, 0.6) is 11.5 Å². The van der Waals surface area contributed by atoms with Gasteiger partial charge in [0.1, 0.15) is 11.5 Å².